The summed E-state index contributed by atoms with van der Waals surface area (Å²) in [5.41, 5.74) is 0. The van der Waals surface area contributed by atoms with Gasteiger partial charge >= 0.3 is 17.9 Å². The van der Waals surface area contributed by atoms with Crippen molar-refractivity contribution in [2.24, 2.45) is 0 Å². The van der Waals surface area contributed by atoms with Crippen LogP contribution < -0.4 is 0 Å². The minimum atomic E-state index is -0.802. The molecule has 0 aromatic heterocycles. The normalized spacial score (nSPS) is 13.1. The smallest absolute Gasteiger partial charge is 0.306 e. The third-order valence-corrected chi connectivity index (χ3v) is 14.0. The number of carbonyl (C=O) groups is 3. The van der Waals surface area contributed by atoms with Crippen molar-refractivity contribution in [3.8, 4) is 0 Å². The summed E-state index contributed by atoms with van der Waals surface area (Å²) in [5, 5.41) is 0. The summed E-state index contributed by atoms with van der Waals surface area (Å²) in [6.45, 7) is 6.38. The fourth-order valence-corrected chi connectivity index (χ4v) is 9.01. The van der Waals surface area contributed by atoms with E-state index in [2.05, 4.69) is 179 Å². The zero-order valence-electron chi connectivity index (χ0n) is 53.7. The lowest BCUT2D eigenvalue weighted by Gasteiger charge is -2.18. The Hall–Kier alpha value is -4.97. The minimum absolute atomic E-state index is 0.0951. The van der Waals surface area contributed by atoms with E-state index >= 15 is 0 Å². The van der Waals surface area contributed by atoms with Gasteiger partial charge in [-0.05, 0) is 128 Å². The van der Waals surface area contributed by atoms with Crippen LogP contribution in [0, 0.1) is 0 Å². The lowest BCUT2D eigenvalue weighted by atomic mass is 10.1. The molecule has 468 valence electrons. The van der Waals surface area contributed by atoms with Crippen molar-refractivity contribution in [1.29, 1.82) is 0 Å². The average molecular weight is 1150 g/mol. The molecular weight excluding hydrogens is 1020 g/mol. The van der Waals surface area contributed by atoms with Crippen molar-refractivity contribution in [2.45, 2.75) is 297 Å². The molecule has 0 aliphatic heterocycles. The van der Waals surface area contributed by atoms with Gasteiger partial charge in [-0.3, -0.25) is 14.4 Å². The van der Waals surface area contributed by atoms with Gasteiger partial charge in [0.25, 0.3) is 0 Å². The Bertz CT molecular complexity index is 1840. The zero-order chi connectivity index (χ0) is 59.9. The van der Waals surface area contributed by atoms with Crippen LogP contribution in [0.1, 0.15) is 290 Å². The minimum Gasteiger partial charge on any atom is -0.462 e. The molecule has 0 rings (SSSR count). The Morgan fingerprint density at radius 1 is 0.253 bits per heavy atom. The number of hydrogen-bond acceptors (Lipinski definition) is 6. The van der Waals surface area contributed by atoms with E-state index in [-0.39, 0.29) is 37.5 Å². The third kappa shape index (κ3) is 67.7. The van der Waals surface area contributed by atoms with Gasteiger partial charge in [0.2, 0.25) is 0 Å². The summed E-state index contributed by atoms with van der Waals surface area (Å²) in [6, 6.07) is 0. The quantitative estimate of drug-likeness (QED) is 0.0261. The molecule has 0 heterocycles. The molecule has 0 bridgehead atoms. The lowest BCUT2D eigenvalue weighted by molar-refractivity contribution is -0.167. The molecule has 1 unspecified atom stereocenters. The van der Waals surface area contributed by atoms with Crippen LogP contribution in [-0.2, 0) is 28.6 Å². The van der Waals surface area contributed by atoms with E-state index in [1.807, 2.05) is 0 Å². The van der Waals surface area contributed by atoms with Gasteiger partial charge in [-0.1, -0.05) is 301 Å². The molecule has 6 heteroatoms. The highest BCUT2D eigenvalue weighted by Crippen LogP contribution is 2.15. The number of allylic oxidation sites excluding steroid dienone is 26. The maximum atomic E-state index is 12.9. The highest BCUT2D eigenvalue weighted by molar-refractivity contribution is 5.71. The van der Waals surface area contributed by atoms with Crippen LogP contribution in [0.25, 0.3) is 0 Å². The maximum Gasteiger partial charge on any atom is 0.306 e. The molecule has 0 saturated carbocycles. The molecule has 0 aliphatic rings. The Kier molecular flexibility index (Phi) is 65.4. The Labute approximate surface area is 511 Å². The van der Waals surface area contributed by atoms with Gasteiger partial charge in [0, 0.05) is 19.3 Å². The summed E-state index contributed by atoms with van der Waals surface area (Å²) >= 11 is 0. The van der Waals surface area contributed by atoms with Crippen molar-refractivity contribution in [2.75, 3.05) is 13.2 Å². The second-order valence-corrected chi connectivity index (χ2v) is 22.0. The number of rotatable bonds is 60. The molecule has 1 atom stereocenters. The number of unbranched alkanes of at least 4 members (excludes halogenated alkanes) is 23. The van der Waals surface area contributed by atoms with Crippen LogP contribution in [0.5, 0.6) is 0 Å². The predicted octanol–water partition coefficient (Wildman–Crippen LogP) is 23.7. The van der Waals surface area contributed by atoms with E-state index < -0.39 is 6.10 Å². The van der Waals surface area contributed by atoms with Gasteiger partial charge in [0.05, 0.1) is 0 Å². The number of carbonyl (C=O) groups excluding carboxylic acids is 3. The number of esters is 3. The van der Waals surface area contributed by atoms with E-state index in [1.165, 1.54) is 96.3 Å². The van der Waals surface area contributed by atoms with E-state index in [4.69, 9.17) is 14.2 Å². The maximum absolute atomic E-state index is 12.9. The van der Waals surface area contributed by atoms with E-state index in [1.54, 1.807) is 0 Å². The van der Waals surface area contributed by atoms with Crippen molar-refractivity contribution < 1.29 is 28.6 Å². The number of hydrogen-bond donors (Lipinski definition) is 0. The van der Waals surface area contributed by atoms with Crippen LogP contribution in [0.4, 0.5) is 0 Å². The first-order chi connectivity index (χ1) is 41.0. The molecule has 6 nitrogen and oxygen atoms in total. The molecule has 0 aliphatic carbocycles. The third-order valence-electron chi connectivity index (χ3n) is 14.0. The van der Waals surface area contributed by atoms with Gasteiger partial charge in [-0.2, -0.15) is 0 Å². The van der Waals surface area contributed by atoms with Crippen LogP contribution in [0.2, 0.25) is 0 Å². The monoisotopic (exact) mass is 1140 g/mol. The average Bonchev–Trinajstić information content (AvgIpc) is 3.48. The first kappa shape index (κ1) is 78.0. The summed E-state index contributed by atoms with van der Waals surface area (Å²) < 4.78 is 16.9. The molecule has 83 heavy (non-hydrogen) atoms. The summed E-state index contributed by atoms with van der Waals surface area (Å²) in [7, 11) is 0. The molecule has 0 amide bonds. The number of ether oxygens (including phenoxy) is 3. The summed E-state index contributed by atoms with van der Waals surface area (Å²) in [5.74, 6) is -0.932. The summed E-state index contributed by atoms with van der Waals surface area (Å²) in [6.07, 6.45) is 101. The van der Waals surface area contributed by atoms with Crippen molar-refractivity contribution in [1.82, 2.24) is 0 Å². The standard InChI is InChI=1S/C77H124O6/c1-4-7-10-13-16-19-22-24-26-28-30-31-32-33-34-35-36-37-38-39-40-41-42-43-44-45-47-48-50-52-55-58-61-64-67-70-76(79)82-73-74(72-81-75(78)69-66-63-60-57-54-21-18-15-12-9-6-3)83-77(80)71-68-65-62-59-56-53-51-49-46-29-27-25-23-20-17-14-11-8-5-2/h7-8,10-11,16-17,19-20,24-27,30-31,33-34,36-37,39-40,42-43,46,49,53,56,74H,4-6,9,12-15,18,21-23,28-29,32,35,38,41,44-45,47-48,50-52,54-55,57-73H2,1-3H3/b10-7-,11-8-,19-16-,20-17-,26-24-,27-25-,31-30-,34-33-,37-36-,40-39-,43-42-,49-46-,56-53-. The van der Waals surface area contributed by atoms with Crippen LogP contribution in [-0.4, -0.2) is 37.2 Å². The Morgan fingerprint density at radius 2 is 0.470 bits per heavy atom. The van der Waals surface area contributed by atoms with Crippen molar-refractivity contribution >= 4 is 17.9 Å². The molecule has 0 fully saturated rings. The van der Waals surface area contributed by atoms with Crippen molar-refractivity contribution in [3.05, 3.63) is 158 Å². The molecule has 0 saturated heterocycles. The van der Waals surface area contributed by atoms with E-state index in [0.29, 0.717) is 12.8 Å². The second kappa shape index (κ2) is 69.5. The largest absolute Gasteiger partial charge is 0.462 e. The summed E-state index contributed by atoms with van der Waals surface area (Å²) in [4.78, 5) is 38.3. The first-order valence-corrected chi connectivity index (χ1v) is 34.0. The fourth-order valence-electron chi connectivity index (χ4n) is 9.01. The van der Waals surface area contributed by atoms with Gasteiger partial charge in [0.15, 0.2) is 6.10 Å². The predicted molar refractivity (Wildman–Crippen MR) is 362 cm³/mol. The van der Waals surface area contributed by atoms with Gasteiger partial charge in [-0.25, -0.2) is 0 Å². The first-order valence-electron chi connectivity index (χ1n) is 34.0. The van der Waals surface area contributed by atoms with Gasteiger partial charge in [-0.15, -0.1) is 0 Å². The van der Waals surface area contributed by atoms with Gasteiger partial charge in [0.1, 0.15) is 13.2 Å². The van der Waals surface area contributed by atoms with Crippen LogP contribution in [0.3, 0.4) is 0 Å². The van der Waals surface area contributed by atoms with Crippen LogP contribution >= 0.6 is 0 Å². The molecular formula is C77H124O6. The highest BCUT2D eigenvalue weighted by atomic mass is 16.6. The van der Waals surface area contributed by atoms with Gasteiger partial charge < -0.3 is 14.2 Å². The second-order valence-electron chi connectivity index (χ2n) is 22.0. The molecule has 0 N–H and O–H groups in total. The lowest BCUT2D eigenvalue weighted by Crippen LogP contribution is -2.30. The zero-order valence-corrected chi connectivity index (χ0v) is 53.7. The van der Waals surface area contributed by atoms with E-state index in [0.717, 1.165) is 154 Å². The molecule has 0 aromatic carbocycles. The fraction of sp³-hybridized carbons (Fsp3) is 0.623. The topological polar surface area (TPSA) is 78.9 Å². The molecule has 0 aromatic rings. The SMILES string of the molecule is CC/C=C\C/C=C\C/C=C\C/C=C\C/C=C\C/C=C\C/C=C\C/C=C\CCCCCCCCCCCCC(=O)OCC(COC(=O)CCCCCCCCCCCCC)OC(=O)CCCCC/C=C\C/C=C\C/C=C\C/C=C\C/C=C\CC. The highest BCUT2D eigenvalue weighted by Gasteiger charge is 2.19. The molecule has 0 spiro atoms. The van der Waals surface area contributed by atoms with E-state index in [9.17, 15) is 14.4 Å². The van der Waals surface area contributed by atoms with Crippen LogP contribution in [0.15, 0.2) is 158 Å². The Morgan fingerprint density at radius 3 is 0.747 bits per heavy atom. The Balaban J connectivity index is 4.27. The molecule has 0 radical (unpaired) electrons. The van der Waals surface area contributed by atoms with Crippen molar-refractivity contribution in [3.63, 3.8) is 0 Å².